The Morgan fingerprint density at radius 3 is 2.39 bits per heavy atom. The molecular weight excluding hydrogens is 443 g/mol. The molecule has 0 aliphatic carbocycles. The van der Waals surface area contributed by atoms with E-state index in [0.717, 1.165) is 77.1 Å². The number of ether oxygens (including phenoxy) is 2. The molecule has 0 aromatic carbocycles. The average molecular weight is 473 g/mol. The van der Waals surface area contributed by atoms with Gasteiger partial charge in [-0.1, -0.05) is 0 Å². The Labute approximate surface area is 190 Å². The van der Waals surface area contributed by atoms with Crippen molar-refractivity contribution in [3.05, 3.63) is 24.5 Å². The number of nitrogens with zero attached hydrogens (tertiary/aromatic N) is 3. The van der Waals surface area contributed by atoms with E-state index in [-0.39, 0.29) is 11.6 Å². The zero-order chi connectivity index (χ0) is 23.9. The smallest absolute Gasteiger partial charge is 0.490 e. The maximum absolute atomic E-state index is 12.6. The van der Waals surface area contributed by atoms with Gasteiger partial charge in [-0.25, -0.2) is 9.59 Å². The number of halogens is 3. The highest BCUT2D eigenvalue weighted by Crippen LogP contribution is 2.42. The van der Waals surface area contributed by atoms with Crippen molar-refractivity contribution in [2.24, 2.45) is 5.92 Å². The number of urea groups is 1. The first-order valence-corrected chi connectivity index (χ1v) is 11.2. The molecule has 1 spiro atoms. The summed E-state index contributed by atoms with van der Waals surface area (Å²) < 4.78 is 43.8. The SMILES string of the molecule is O=C(N1CCCC1)N1CCC2(CC1)OCCC2CCOc1cccnc1.O=C(O)C(F)(F)F. The molecule has 0 radical (unpaired) electrons. The average Bonchev–Trinajstić information content (AvgIpc) is 3.46. The van der Waals surface area contributed by atoms with Crippen LogP contribution in [-0.4, -0.2) is 83.1 Å². The summed E-state index contributed by atoms with van der Waals surface area (Å²) in [5.41, 5.74) is -0.0555. The summed E-state index contributed by atoms with van der Waals surface area (Å²) in [7, 11) is 0. The minimum absolute atomic E-state index is 0.0555. The number of alkyl halides is 3. The van der Waals surface area contributed by atoms with Crippen molar-refractivity contribution in [3.8, 4) is 5.75 Å². The fourth-order valence-corrected chi connectivity index (χ4v) is 4.68. The van der Waals surface area contributed by atoms with Gasteiger partial charge in [-0.3, -0.25) is 4.98 Å². The topological polar surface area (TPSA) is 92.2 Å². The van der Waals surface area contributed by atoms with Crippen LogP contribution in [0.1, 0.15) is 38.5 Å². The molecule has 1 aromatic heterocycles. The molecule has 1 unspecified atom stereocenters. The van der Waals surface area contributed by atoms with Crippen molar-refractivity contribution in [1.82, 2.24) is 14.8 Å². The third-order valence-electron chi connectivity index (χ3n) is 6.47. The van der Waals surface area contributed by atoms with Gasteiger partial charge in [-0.15, -0.1) is 0 Å². The van der Waals surface area contributed by atoms with E-state index in [1.807, 2.05) is 21.9 Å². The lowest BCUT2D eigenvalue weighted by molar-refractivity contribution is -0.192. The van der Waals surface area contributed by atoms with Gasteiger partial charge in [0.25, 0.3) is 0 Å². The number of hydrogen-bond acceptors (Lipinski definition) is 5. The Morgan fingerprint density at radius 2 is 1.82 bits per heavy atom. The van der Waals surface area contributed by atoms with Crippen LogP contribution >= 0.6 is 0 Å². The second-order valence-electron chi connectivity index (χ2n) is 8.49. The fourth-order valence-electron chi connectivity index (χ4n) is 4.68. The van der Waals surface area contributed by atoms with Crippen molar-refractivity contribution in [3.63, 3.8) is 0 Å². The molecule has 4 heterocycles. The third kappa shape index (κ3) is 6.72. The highest BCUT2D eigenvalue weighted by Gasteiger charge is 2.46. The van der Waals surface area contributed by atoms with Crippen molar-refractivity contribution in [2.45, 2.75) is 50.3 Å². The number of piperidine rings is 1. The van der Waals surface area contributed by atoms with Gasteiger partial charge < -0.3 is 24.4 Å². The van der Waals surface area contributed by atoms with Gasteiger partial charge in [0.1, 0.15) is 5.75 Å². The van der Waals surface area contributed by atoms with Gasteiger partial charge >= 0.3 is 18.2 Å². The highest BCUT2D eigenvalue weighted by molar-refractivity contribution is 5.75. The van der Waals surface area contributed by atoms with E-state index in [2.05, 4.69) is 4.98 Å². The number of carboxylic acids is 1. The number of aromatic nitrogens is 1. The number of carboxylic acid groups (broad SMARTS) is 1. The summed E-state index contributed by atoms with van der Waals surface area (Å²) in [6, 6.07) is 4.06. The molecular formula is C22H30F3N3O5. The van der Waals surface area contributed by atoms with Crippen molar-refractivity contribution < 1.29 is 37.3 Å². The molecule has 4 rings (SSSR count). The molecule has 3 aliphatic rings. The first-order chi connectivity index (χ1) is 15.7. The van der Waals surface area contributed by atoms with Gasteiger partial charge in [-0.2, -0.15) is 13.2 Å². The number of rotatable bonds is 4. The lowest BCUT2D eigenvalue weighted by Crippen LogP contribution is -2.52. The van der Waals surface area contributed by atoms with Gasteiger partial charge in [0.15, 0.2) is 0 Å². The molecule has 1 atom stereocenters. The Balaban J connectivity index is 0.000000383. The summed E-state index contributed by atoms with van der Waals surface area (Å²) in [5.74, 6) is -1.41. The van der Waals surface area contributed by atoms with Gasteiger partial charge in [0.2, 0.25) is 0 Å². The summed E-state index contributed by atoms with van der Waals surface area (Å²) in [5, 5.41) is 7.12. The fraction of sp³-hybridized carbons (Fsp3) is 0.682. The minimum Gasteiger partial charge on any atom is -0.492 e. The Hall–Kier alpha value is -2.56. The van der Waals surface area contributed by atoms with Crippen LogP contribution in [0, 0.1) is 5.92 Å². The molecule has 8 nitrogen and oxygen atoms in total. The van der Waals surface area contributed by atoms with E-state index in [0.29, 0.717) is 12.5 Å². The zero-order valence-electron chi connectivity index (χ0n) is 18.4. The molecule has 11 heteroatoms. The van der Waals surface area contributed by atoms with Crippen molar-refractivity contribution >= 4 is 12.0 Å². The zero-order valence-corrected chi connectivity index (χ0v) is 18.4. The monoisotopic (exact) mass is 473 g/mol. The second-order valence-corrected chi connectivity index (χ2v) is 8.49. The van der Waals surface area contributed by atoms with E-state index in [1.165, 1.54) is 0 Å². The number of pyridine rings is 1. The summed E-state index contributed by atoms with van der Waals surface area (Å²) >= 11 is 0. The number of aliphatic carboxylic acids is 1. The van der Waals surface area contributed by atoms with Gasteiger partial charge in [-0.05, 0) is 56.6 Å². The van der Waals surface area contributed by atoms with E-state index in [9.17, 15) is 18.0 Å². The van der Waals surface area contributed by atoms with E-state index >= 15 is 0 Å². The molecule has 3 saturated heterocycles. The van der Waals surface area contributed by atoms with Crippen molar-refractivity contribution in [1.29, 1.82) is 0 Å². The van der Waals surface area contributed by atoms with Crippen LogP contribution in [-0.2, 0) is 9.53 Å². The lowest BCUT2D eigenvalue weighted by Gasteiger charge is -2.43. The van der Waals surface area contributed by atoms with Crippen LogP contribution in [0.25, 0.3) is 0 Å². The van der Waals surface area contributed by atoms with Gasteiger partial charge in [0.05, 0.1) is 18.4 Å². The number of carbonyl (C=O) groups excluding carboxylic acids is 1. The number of carbonyl (C=O) groups is 2. The van der Waals surface area contributed by atoms with Crippen LogP contribution in [0.5, 0.6) is 5.75 Å². The van der Waals surface area contributed by atoms with Crippen molar-refractivity contribution in [2.75, 3.05) is 39.4 Å². The highest BCUT2D eigenvalue weighted by atomic mass is 19.4. The summed E-state index contributed by atoms with van der Waals surface area (Å²) in [4.78, 5) is 29.6. The largest absolute Gasteiger partial charge is 0.492 e. The van der Waals surface area contributed by atoms with E-state index in [4.69, 9.17) is 19.4 Å². The van der Waals surface area contributed by atoms with Crippen LogP contribution in [0.3, 0.4) is 0 Å². The van der Waals surface area contributed by atoms with E-state index in [1.54, 1.807) is 12.4 Å². The first-order valence-electron chi connectivity index (χ1n) is 11.2. The second kappa shape index (κ2) is 11.0. The minimum atomic E-state index is -5.08. The summed E-state index contributed by atoms with van der Waals surface area (Å²) in [6.45, 7) is 5.00. The van der Waals surface area contributed by atoms with Gasteiger partial charge in [0, 0.05) is 39.0 Å². The van der Waals surface area contributed by atoms with Crippen LogP contribution in [0.2, 0.25) is 0 Å². The molecule has 1 N–H and O–H groups in total. The summed E-state index contributed by atoms with van der Waals surface area (Å²) in [6.07, 6.45) is 4.70. The Bertz CT molecular complexity index is 779. The van der Waals surface area contributed by atoms with Crippen LogP contribution in [0.4, 0.5) is 18.0 Å². The molecule has 33 heavy (non-hydrogen) atoms. The number of likely N-dealkylation sites (tertiary alicyclic amines) is 2. The van der Waals surface area contributed by atoms with Crippen LogP contribution < -0.4 is 4.74 Å². The molecule has 184 valence electrons. The first kappa shape index (κ1) is 25.1. The molecule has 1 aromatic rings. The normalized spacial score (nSPS) is 22.1. The standard InChI is InChI=1S/C20H29N3O3.C2HF3O2/c24-19(22-10-1-2-11-22)23-12-7-20(8-13-23)17(6-15-26-20)5-14-25-18-4-3-9-21-16-18;3-2(4,5)1(6)7/h3-4,9,16-17H,1-2,5-8,10-15H2;(H,6,7). The number of amides is 2. The predicted molar refractivity (Wildman–Crippen MR) is 112 cm³/mol. The Morgan fingerprint density at radius 1 is 1.18 bits per heavy atom. The maximum Gasteiger partial charge on any atom is 0.490 e. The molecule has 0 bridgehead atoms. The maximum atomic E-state index is 12.6. The Kier molecular flexibility index (Phi) is 8.39. The lowest BCUT2D eigenvalue weighted by atomic mass is 9.78. The van der Waals surface area contributed by atoms with Crippen LogP contribution in [0.15, 0.2) is 24.5 Å². The predicted octanol–water partition coefficient (Wildman–Crippen LogP) is 3.57. The molecule has 3 fully saturated rings. The molecule has 2 amide bonds. The van der Waals surface area contributed by atoms with E-state index < -0.39 is 12.1 Å². The molecule has 3 aliphatic heterocycles. The molecule has 0 saturated carbocycles. The third-order valence-corrected chi connectivity index (χ3v) is 6.47. The quantitative estimate of drug-likeness (QED) is 0.719. The number of hydrogen-bond donors (Lipinski definition) is 1.